The van der Waals surface area contributed by atoms with E-state index in [0.717, 1.165) is 28.5 Å². The van der Waals surface area contributed by atoms with E-state index in [-0.39, 0.29) is 23.0 Å². The zero-order valence-corrected chi connectivity index (χ0v) is 19.7. The van der Waals surface area contributed by atoms with Crippen molar-refractivity contribution in [3.63, 3.8) is 0 Å². The zero-order valence-electron chi connectivity index (χ0n) is 18.0. The maximum Gasteiger partial charge on any atom is 0.260 e. The van der Waals surface area contributed by atoms with Gasteiger partial charge in [0.05, 0.1) is 17.4 Å². The van der Waals surface area contributed by atoms with Gasteiger partial charge in [-0.1, -0.05) is 49.9 Å². The van der Waals surface area contributed by atoms with Crippen molar-refractivity contribution in [1.29, 1.82) is 0 Å². The molecule has 9 heteroatoms. The van der Waals surface area contributed by atoms with Crippen molar-refractivity contribution >= 4 is 45.4 Å². The maximum atomic E-state index is 12.8. The Morgan fingerprint density at radius 1 is 1.21 bits per heavy atom. The number of amides is 1. The number of phenolic OH excluding ortho intramolecular Hbond substituents is 1. The minimum atomic E-state index is -0.324. The van der Waals surface area contributed by atoms with Gasteiger partial charge in [-0.15, -0.1) is 11.3 Å². The number of thioether (sulfide) groups is 1. The number of carbonyl (C=O) groups excluding carboxylic acids is 1. The number of nitrogens with one attached hydrogen (secondary N) is 2. The van der Waals surface area contributed by atoms with Crippen LogP contribution in [0.4, 0.5) is 0 Å². The summed E-state index contributed by atoms with van der Waals surface area (Å²) in [4.78, 5) is 32.8. The Hall–Kier alpha value is -3.43. The minimum absolute atomic E-state index is 0.0518. The highest BCUT2D eigenvalue weighted by Gasteiger charge is 2.14. The van der Waals surface area contributed by atoms with Crippen LogP contribution in [0.25, 0.3) is 21.3 Å². The quantitative estimate of drug-likeness (QED) is 0.154. The van der Waals surface area contributed by atoms with E-state index in [2.05, 4.69) is 46.5 Å². The molecular weight excluding hydrogens is 456 g/mol. The molecule has 3 N–H and O–H groups in total. The minimum Gasteiger partial charge on any atom is -0.508 e. The van der Waals surface area contributed by atoms with Crippen LogP contribution in [0.5, 0.6) is 5.75 Å². The average Bonchev–Trinajstić information content (AvgIpc) is 3.24. The van der Waals surface area contributed by atoms with Crippen LogP contribution < -0.4 is 11.0 Å². The lowest BCUT2D eigenvalue weighted by atomic mass is 9.99. The summed E-state index contributed by atoms with van der Waals surface area (Å²) in [5.41, 5.74) is 6.03. The number of H-pyrrole nitrogens is 1. The van der Waals surface area contributed by atoms with Crippen LogP contribution >= 0.6 is 23.1 Å². The zero-order chi connectivity index (χ0) is 23.4. The van der Waals surface area contributed by atoms with E-state index in [4.69, 9.17) is 0 Å². The number of rotatable bonds is 7. The number of hydrazone groups is 1. The molecule has 7 nitrogen and oxygen atoms in total. The van der Waals surface area contributed by atoms with Gasteiger partial charge in [0, 0.05) is 10.9 Å². The van der Waals surface area contributed by atoms with Gasteiger partial charge in [-0.3, -0.25) is 9.59 Å². The number of benzene rings is 2. The number of aromatic amines is 1. The Morgan fingerprint density at radius 2 is 1.94 bits per heavy atom. The van der Waals surface area contributed by atoms with Gasteiger partial charge in [-0.2, -0.15) is 5.10 Å². The fourth-order valence-corrected chi connectivity index (χ4v) is 4.82. The van der Waals surface area contributed by atoms with E-state index in [1.54, 1.807) is 12.1 Å². The number of phenols is 1. The first-order valence-electron chi connectivity index (χ1n) is 10.3. The van der Waals surface area contributed by atoms with Gasteiger partial charge in [0.1, 0.15) is 10.6 Å². The molecule has 2 aromatic carbocycles. The van der Waals surface area contributed by atoms with Gasteiger partial charge in [0.25, 0.3) is 11.5 Å². The summed E-state index contributed by atoms with van der Waals surface area (Å²) in [6.07, 6.45) is 1.48. The van der Waals surface area contributed by atoms with E-state index in [0.29, 0.717) is 21.3 Å². The highest BCUT2D eigenvalue weighted by Crippen LogP contribution is 2.32. The molecule has 4 aromatic rings. The lowest BCUT2D eigenvalue weighted by Crippen LogP contribution is -2.20. The number of aromatic hydroxyl groups is 1. The van der Waals surface area contributed by atoms with Crippen molar-refractivity contribution < 1.29 is 9.90 Å². The molecule has 0 spiro atoms. The summed E-state index contributed by atoms with van der Waals surface area (Å²) in [7, 11) is 0. The molecule has 0 aliphatic carbocycles. The number of hydrogen-bond acceptors (Lipinski definition) is 7. The number of hydrogen-bond donors (Lipinski definition) is 3. The molecule has 0 unspecified atom stereocenters. The van der Waals surface area contributed by atoms with Crippen LogP contribution in [-0.2, 0) is 4.79 Å². The molecule has 0 fully saturated rings. The van der Waals surface area contributed by atoms with Crippen molar-refractivity contribution in [2.24, 2.45) is 5.10 Å². The molecule has 0 atom stereocenters. The highest BCUT2D eigenvalue weighted by atomic mass is 32.2. The third kappa shape index (κ3) is 5.50. The summed E-state index contributed by atoms with van der Waals surface area (Å²) in [6.45, 7) is 4.29. The van der Waals surface area contributed by atoms with Crippen LogP contribution in [0.2, 0.25) is 0 Å². The van der Waals surface area contributed by atoms with E-state index >= 15 is 0 Å². The van der Waals surface area contributed by atoms with Crippen LogP contribution in [0.1, 0.15) is 30.9 Å². The number of thiophene rings is 1. The van der Waals surface area contributed by atoms with Crippen LogP contribution in [0.3, 0.4) is 0 Å². The van der Waals surface area contributed by atoms with Gasteiger partial charge in [-0.05, 0) is 46.9 Å². The monoisotopic (exact) mass is 478 g/mol. The molecule has 1 amide bonds. The number of aromatic nitrogens is 2. The molecule has 0 radical (unpaired) electrons. The Bertz CT molecular complexity index is 1360. The average molecular weight is 479 g/mol. The predicted molar refractivity (Wildman–Crippen MR) is 134 cm³/mol. The second kappa shape index (κ2) is 10.0. The third-order valence-corrected chi connectivity index (χ3v) is 6.69. The van der Waals surface area contributed by atoms with E-state index in [1.165, 1.54) is 35.2 Å². The summed E-state index contributed by atoms with van der Waals surface area (Å²) in [5, 5.41) is 16.1. The summed E-state index contributed by atoms with van der Waals surface area (Å²) in [5.74, 6) is 0.331. The number of carbonyl (C=O) groups is 1. The highest BCUT2D eigenvalue weighted by molar-refractivity contribution is 7.99. The molecule has 168 valence electrons. The topological polar surface area (TPSA) is 107 Å². The van der Waals surface area contributed by atoms with E-state index in [1.807, 2.05) is 17.5 Å². The molecule has 0 aliphatic rings. The molecule has 0 bridgehead atoms. The molecule has 0 saturated carbocycles. The summed E-state index contributed by atoms with van der Waals surface area (Å²) >= 11 is 2.55. The lowest BCUT2D eigenvalue weighted by molar-refractivity contribution is -0.118. The standard InChI is InChI=1S/C24H22N4O3S2/c1-14(2)16-5-7-17(8-6-16)19-12-32-23-21(19)22(31)26-24(27-23)33-13-20(30)28-25-11-15-3-9-18(29)10-4-15/h3-12,14,29H,13H2,1-2H3,(H,28,30)(H,26,27,31)/b25-11+. The number of fused-ring (bicyclic) bond motifs is 1. The van der Waals surface area contributed by atoms with Crippen molar-refractivity contribution in [3.8, 4) is 16.9 Å². The Labute approximate surface area is 198 Å². The molecule has 33 heavy (non-hydrogen) atoms. The number of nitrogens with zero attached hydrogens (tertiary/aromatic N) is 2. The lowest BCUT2D eigenvalue weighted by Gasteiger charge is -2.06. The van der Waals surface area contributed by atoms with Gasteiger partial charge in [0.15, 0.2) is 5.16 Å². The maximum absolute atomic E-state index is 12.8. The fraction of sp³-hybridized carbons (Fsp3) is 0.167. The van der Waals surface area contributed by atoms with Crippen molar-refractivity contribution in [3.05, 3.63) is 75.4 Å². The van der Waals surface area contributed by atoms with Crippen molar-refractivity contribution in [2.45, 2.75) is 24.9 Å². The fourth-order valence-electron chi connectivity index (χ4n) is 3.16. The largest absolute Gasteiger partial charge is 0.508 e. The Balaban J connectivity index is 1.42. The van der Waals surface area contributed by atoms with Gasteiger partial charge >= 0.3 is 0 Å². The molecule has 0 saturated heterocycles. The first-order chi connectivity index (χ1) is 15.9. The summed E-state index contributed by atoms with van der Waals surface area (Å²) < 4.78 is 0. The predicted octanol–water partition coefficient (Wildman–Crippen LogP) is 4.72. The molecule has 0 aliphatic heterocycles. The van der Waals surface area contributed by atoms with Crippen LogP contribution in [0.15, 0.2) is 69.0 Å². The van der Waals surface area contributed by atoms with Crippen LogP contribution in [0, 0.1) is 0 Å². The summed E-state index contributed by atoms with van der Waals surface area (Å²) in [6, 6.07) is 14.6. The molecule has 4 rings (SSSR count). The van der Waals surface area contributed by atoms with E-state index < -0.39 is 0 Å². The first-order valence-corrected chi connectivity index (χ1v) is 12.1. The van der Waals surface area contributed by atoms with Crippen LogP contribution in [-0.4, -0.2) is 32.9 Å². The van der Waals surface area contributed by atoms with Gasteiger partial charge < -0.3 is 10.1 Å². The van der Waals surface area contributed by atoms with Crippen molar-refractivity contribution in [2.75, 3.05) is 5.75 Å². The second-order valence-electron chi connectivity index (χ2n) is 7.65. The van der Waals surface area contributed by atoms with Gasteiger partial charge in [-0.25, -0.2) is 10.4 Å². The molecule has 2 aromatic heterocycles. The molecular formula is C24H22N4O3S2. The normalized spacial score (nSPS) is 11.5. The smallest absolute Gasteiger partial charge is 0.260 e. The second-order valence-corrected chi connectivity index (χ2v) is 9.47. The van der Waals surface area contributed by atoms with Crippen molar-refractivity contribution in [1.82, 2.24) is 15.4 Å². The third-order valence-electron chi connectivity index (χ3n) is 4.95. The molecule has 2 heterocycles. The SMILES string of the molecule is CC(C)c1ccc(-c2csc3nc(SCC(=O)N/N=C/c4ccc(O)cc4)[nH]c(=O)c23)cc1. The van der Waals surface area contributed by atoms with E-state index in [9.17, 15) is 14.7 Å². The Morgan fingerprint density at radius 3 is 2.64 bits per heavy atom. The first kappa shape index (κ1) is 22.8. The Kier molecular flexibility index (Phi) is 6.90. The van der Waals surface area contributed by atoms with Gasteiger partial charge in [0.2, 0.25) is 0 Å².